The van der Waals surface area contributed by atoms with E-state index in [1.807, 2.05) is 36.4 Å². The van der Waals surface area contributed by atoms with Gasteiger partial charge in [0.05, 0.1) is 13.7 Å². The third-order valence-electron chi connectivity index (χ3n) is 4.31. The molecule has 2 rings (SSSR count). The Balaban J connectivity index is 1.75. The molecule has 0 radical (unpaired) electrons. The van der Waals surface area contributed by atoms with Gasteiger partial charge < -0.3 is 20.1 Å². The van der Waals surface area contributed by atoms with Crippen LogP contribution in [0.4, 0.5) is 0 Å². The quantitative estimate of drug-likeness (QED) is 0.563. The lowest BCUT2D eigenvalue weighted by atomic mass is 10.1. The third-order valence-corrected chi connectivity index (χ3v) is 4.31. The molecule has 27 heavy (non-hydrogen) atoms. The molecule has 5 heteroatoms. The molecule has 0 unspecified atom stereocenters. The Bertz CT molecular complexity index is 689. The molecule has 0 atom stereocenters. The molecule has 0 saturated heterocycles. The Hall–Kier alpha value is -2.53. The first-order valence-electron chi connectivity index (χ1n) is 9.65. The van der Waals surface area contributed by atoms with Crippen LogP contribution in [0, 0.1) is 0 Å². The van der Waals surface area contributed by atoms with Gasteiger partial charge in [-0.2, -0.15) is 0 Å². The van der Waals surface area contributed by atoms with Crippen LogP contribution in [0.1, 0.15) is 30.9 Å². The summed E-state index contributed by atoms with van der Waals surface area (Å²) in [5, 5.41) is 5.17. The zero-order valence-corrected chi connectivity index (χ0v) is 16.4. The van der Waals surface area contributed by atoms with Crippen molar-refractivity contribution in [3.8, 4) is 11.5 Å². The number of methoxy groups -OCH3 is 1. The molecule has 5 nitrogen and oxygen atoms in total. The van der Waals surface area contributed by atoms with Crippen molar-refractivity contribution < 1.29 is 19.6 Å². The fourth-order valence-corrected chi connectivity index (χ4v) is 2.76. The average molecular weight is 372 g/mol. The highest BCUT2D eigenvalue weighted by Gasteiger charge is 2.09. The van der Waals surface area contributed by atoms with Gasteiger partial charge >= 0.3 is 0 Å². The molecule has 2 aromatic rings. The minimum absolute atomic E-state index is 0.0207. The van der Waals surface area contributed by atoms with E-state index in [2.05, 4.69) is 29.7 Å². The van der Waals surface area contributed by atoms with Gasteiger partial charge in [0.25, 0.3) is 5.91 Å². The number of carbonyl (C=O) groups excluding carboxylic acids is 1. The highest BCUT2D eigenvalue weighted by molar-refractivity contribution is 5.77. The van der Waals surface area contributed by atoms with Gasteiger partial charge in [-0.1, -0.05) is 43.7 Å². The van der Waals surface area contributed by atoms with Crippen molar-refractivity contribution in [3.05, 3.63) is 59.7 Å². The van der Waals surface area contributed by atoms with E-state index in [4.69, 9.17) is 9.47 Å². The van der Waals surface area contributed by atoms with Crippen LogP contribution in [-0.4, -0.2) is 32.7 Å². The number of amides is 1. The first kappa shape index (κ1) is 20.8. The molecular formula is C22H31N2O3+. The Kier molecular flexibility index (Phi) is 9.21. The van der Waals surface area contributed by atoms with E-state index in [1.165, 1.54) is 24.0 Å². The predicted molar refractivity (Wildman–Crippen MR) is 107 cm³/mol. The maximum Gasteiger partial charge on any atom is 0.257 e. The summed E-state index contributed by atoms with van der Waals surface area (Å²) in [5.41, 5.74) is 2.38. The van der Waals surface area contributed by atoms with Gasteiger partial charge in [-0.05, 0) is 36.6 Å². The van der Waals surface area contributed by atoms with Gasteiger partial charge in [0.2, 0.25) is 0 Å². The highest BCUT2D eigenvalue weighted by atomic mass is 16.5. The van der Waals surface area contributed by atoms with Gasteiger partial charge in [-0.15, -0.1) is 0 Å². The second-order valence-electron chi connectivity index (χ2n) is 6.49. The van der Waals surface area contributed by atoms with E-state index in [-0.39, 0.29) is 12.5 Å². The van der Waals surface area contributed by atoms with E-state index in [0.29, 0.717) is 18.0 Å². The van der Waals surface area contributed by atoms with Crippen LogP contribution in [0.3, 0.4) is 0 Å². The van der Waals surface area contributed by atoms with Crippen LogP contribution >= 0.6 is 0 Å². The molecule has 0 spiro atoms. The normalized spacial score (nSPS) is 10.4. The van der Waals surface area contributed by atoms with E-state index in [9.17, 15) is 4.79 Å². The van der Waals surface area contributed by atoms with E-state index in [0.717, 1.165) is 19.5 Å². The van der Waals surface area contributed by atoms with Crippen LogP contribution in [0.5, 0.6) is 11.5 Å². The van der Waals surface area contributed by atoms with Crippen molar-refractivity contribution >= 4 is 5.91 Å². The predicted octanol–water partition coefficient (Wildman–Crippen LogP) is 2.30. The van der Waals surface area contributed by atoms with Crippen molar-refractivity contribution in [1.29, 1.82) is 0 Å². The number of nitrogens with one attached hydrogen (secondary N) is 1. The molecule has 0 bridgehead atoms. The summed E-state index contributed by atoms with van der Waals surface area (Å²) in [4.78, 5) is 12.0. The van der Waals surface area contributed by atoms with Crippen LogP contribution in [0.2, 0.25) is 0 Å². The molecule has 1 amide bonds. The molecular weight excluding hydrogens is 340 g/mol. The number of hydrogen-bond donors (Lipinski definition) is 2. The number of nitrogens with two attached hydrogens (primary N) is 1. The topological polar surface area (TPSA) is 64.2 Å². The minimum atomic E-state index is -0.134. The van der Waals surface area contributed by atoms with Crippen molar-refractivity contribution in [1.82, 2.24) is 5.32 Å². The molecule has 0 aliphatic heterocycles. The standard InChI is InChI=1S/C22H30N2O3/c1-3-4-13-23-16-19-10-11-20(21(15-19)26-2)27-17-22(25)24-14-12-18-8-6-5-7-9-18/h5-11,15,23H,3-4,12-14,16-17H2,1-2H3,(H,24,25)/p+1. The Morgan fingerprint density at radius 2 is 1.89 bits per heavy atom. The molecule has 0 aliphatic carbocycles. The number of ether oxygens (including phenoxy) is 2. The van der Waals surface area contributed by atoms with Gasteiger partial charge in [-0.3, -0.25) is 4.79 Å². The van der Waals surface area contributed by atoms with E-state index < -0.39 is 0 Å². The van der Waals surface area contributed by atoms with E-state index >= 15 is 0 Å². The summed E-state index contributed by atoms with van der Waals surface area (Å²) in [6.07, 6.45) is 3.23. The zero-order chi connectivity index (χ0) is 19.3. The monoisotopic (exact) mass is 371 g/mol. The number of quaternary nitrogens is 1. The maximum atomic E-state index is 12.0. The van der Waals surface area contributed by atoms with Gasteiger partial charge in [0.15, 0.2) is 18.1 Å². The summed E-state index contributed by atoms with van der Waals surface area (Å²) in [6, 6.07) is 16.0. The van der Waals surface area contributed by atoms with Crippen molar-refractivity contribution in [2.75, 3.05) is 26.8 Å². The smallest absolute Gasteiger partial charge is 0.257 e. The van der Waals surface area contributed by atoms with Crippen LogP contribution < -0.4 is 20.1 Å². The van der Waals surface area contributed by atoms with Crippen molar-refractivity contribution in [3.63, 3.8) is 0 Å². The van der Waals surface area contributed by atoms with E-state index in [1.54, 1.807) is 7.11 Å². The molecule has 0 saturated carbocycles. The average Bonchev–Trinajstić information content (AvgIpc) is 2.71. The largest absolute Gasteiger partial charge is 0.493 e. The van der Waals surface area contributed by atoms with Crippen molar-refractivity contribution in [2.45, 2.75) is 32.7 Å². The Morgan fingerprint density at radius 3 is 2.63 bits per heavy atom. The third kappa shape index (κ3) is 7.71. The first-order chi connectivity index (χ1) is 13.2. The lowest BCUT2D eigenvalue weighted by Crippen LogP contribution is -2.82. The van der Waals surface area contributed by atoms with Gasteiger partial charge in [-0.25, -0.2) is 0 Å². The number of hydrogen-bond acceptors (Lipinski definition) is 3. The lowest BCUT2D eigenvalue weighted by Gasteiger charge is -2.12. The Labute approximate surface area is 162 Å². The summed E-state index contributed by atoms with van der Waals surface area (Å²) in [7, 11) is 1.62. The van der Waals surface area contributed by atoms with Crippen LogP contribution in [0.25, 0.3) is 0 Å². The van der Waals surface area contributed by atoms with Crippen LogP contribution in [-0.2, 0) is 17.8 Å². The number of rotatable bonds is 12. The fourth-order valence-electron chi connectivity index (χ4n) is 2.76. The summed E-state index contributed by atoms with van der Waals surface area (Å²) >= 11 is 0. The number of unbranched alkanes of at least 4 members (excludes halogenated alkanes) is 1. The molecule has 0 heterocycles. The second kappa shape index (κ2) is 12.0. The van der Waals surface area contributed by atoms with Gasteiger partial charge in [0.1, 0.15) is 6.54 Å². The molecule has 0 aromatic heterocycles. The summed E-state index contributed by atoms with van der Waals surface area (Å²) in [5.74, 6) is 1.12. The Morgan fingerprint density at radius 1 is 1.07 bits per heavy atom. The summed E-state index contributed by atoms with van der Waals surface area (Å²) < 4.78 is 11.1. The molecule has 146 valence electrons. The molecule has 2 aromatic carbocycles. The first-order valence-corrected chi connectivity index (χ1v) is 9.65. The molecule has 0 fully saturated rings. The van der Waals surface area contributed by atoms with Crippen molar-refractivity contribution in [2.24, 2.45) is 0 Å². The van der Waals surface area contributed by atoms with Crippen LogP contribution in [0.15, 0.2) is 48.5 Å². The second-order valence-corrected chi connectivity index (χ2v) is 6.49. The zero-order valence-electron chi connectivity index (χ0n) is 16.4. The fraction of sp³-hybridized carbons (Fsp3) is 0.409. The SMILES string of the molecule is CCCC[NH2+]Cc1ccc(OCC(=O)NCCc2ccccc2)c(OC)c1. The minimum Gasteiger partial charge on any atom is -0.493 e. The van der Waals surface area contributed by atoms with Gasteiger partial charge in [0, 0.05) is 12.1 Å². The number of benzene rings is 2. The highest BCUT2D eigenvalue weighted by Crippen LogP contribution is 2.27. The molecule has 0 aliphatic rings. The number of carbonyl (C=O) groups is 1. The summed E-state index contributed by atoms with van der Waals surface area (Å²) in [6.45, 7) is 4.81. The molecule has 3 N–H and O–H groups in total. The maximum absolute atomic E-state index is 12.0. The lowest BCUT2D eigenvalue weighted by molar-refractivity contribution is -0.670.